The highest BCUT2D eigenvalue weighted by atomic mass is 16.3. The molecule has 2 atom stereocenters. The van der Waals surface area contributed by atoms with E-state index in [4.69, 9.17) is 5.11 Å². The van der Waals surface area contributed by atoms with Crippen LogP contribution in [0.1, 0.15) is 30.7 Å². The Morgan fingerprint density at radius 2 is 2.17 bits per heavy atom. The Morgan fingerprint density at radius 1 is 1.44 bits per heavy atom. The monoisotopic (exact) mass is 254 g/mol. The van der Waals surface area contributed by atoms with Crippen molar-refractivity contribution in [1.29, 1.82) is 0 Å². The third-order valence-corrected chi connectivity index (χ3v) is 2.53. The zero-order chi connectivity index (χ0) is 13.5. The third-order valence-electron chi connectivity index (χ3n) is 2.53. The maximum Gasteiger partial charge on any atom is 0.216 e. The minimum atomic E-state index is -1.06. The van der Waals surface area contributed by atoms with Crippen molar-refractivity contribution in [2.24, 2.45) is 0 Å². The van der Waals surface area contributed by atoms with Crippen molar-refractivity contribution in [1.82, 2.24) is 10.3 Å². The van der Waals surface area contributed by atoms with Gasteiger partial charge in [0.15, 0.2) is 0 Å². The molecule has 0 fully saturated rings. The van der Waals surface area contributed by atoms with Crippen LogP contribution < -0.4 is 5.32 Å². The second kappa shape index (κ2) is 7.05. The zero-order valence-electron chi connectivity index (χ0n) is 10.2. The Bertz CT molecular complexity index is 380. The normalized spacial score (nSPS) is 14.0. The van der Waals surface area contributed by atoms with Crippen LogP contribution in [0.5, 0.6) is 0 Å². The smallest absolute Gasteiger partial charge is 0.216 e. The fourth-order valence-electron chi connectivity index (χ4n) is 1.48. The van der Waals surface area contributed by atoms with E-state index in [1.807, 2.05) is 0 Å². The zero-order valence-corrected chi connectivity index (χ0v) is 10.2. The molecule has 0 aliphatic rings. The third kappa shape index (κ3) is 4.40. The molecule has 0 aromatic carbocycles. The first kappa shape index (κ1) is 14.6. The molecule has 0 aliphatic heterocycles. The van der Waals surface area contributed by atoms with Gasteiger partial charge in [-0.1, -0.05) is 6.07 Å². The number of hydrogen-bond acceptors (Lipinski definition) is 5. The first-order valence-electron chi connectivity index (χ1n) is 5.71. The molecule has 2 unspecified atom stereocenters. The Balaban J connectivity index is 2.51. The molecule has 4 N–H and O–H groups in total. The first-order valence-corrected chi connectivity index (χ1v) is 5.71. The highest BCUT2D eigenvalue weighted by Gasteiger charge is 2.18. The molecule has 0 spiro atoms. The van der Waals surface area contributed by atoms with Gasteiger partial charge in [-0.3, -0.25) is 9.78 Å². The van der Waals surface area contributed by atoms with E-state index < -0.39 is 12.2 Å². The van der Waals surface area contributed by atoms with E-state index in [1.165, 1.54) is 13.1 Å². The van der Waals surface area contributed by atoms with Crippen molar-refractivity contribution >= 4 is 5.91 Å². The van der Waals surface area contributed by atoms with Gasteiger partial charge in [-0.15, -0.1) is 0 Å². The first-order chi connectivity index (χ1) is 8.54. The van der Waals surface area contributed by atoms with Crippen LogP contribution in [0.25, 0.3) is 0 Å². The number of aromatic nitrogens is 1. The van der Waals surface area contributed by atoms with Crippen molar-refractivity contribution in [3.8, 4) is 0 Å². The molecular formula is C12H18N2O4. The lowest BCUT2D eigenvalue weighted by Gasteiger charge is -2.18. The van der Waals surface area contributed by atoms with E-state index in [2.05, 4.69) is 10.3 Å². The minimum Gasteiger partial charge on any atom is -0.390 e. The summed E-state index contributed by atoms with van der Waals surface area (Å²) in [7, 11) is 0. The van der Waals surface area contributed by atoms with Crippen LogP contribution in [0.15, 0.2) is 18.3 Å². The van der Waals surface area contributed by atoms with Crippen molar-refractivity contribution in [3.63, 3.8) is 0 Å². The maximum atomic E-state index is 10.6. The number of carbonyl (C=O) groups excluding carboxylic acids is 1. The lowest BCUT2D eigenvalue weighted by molar-refractivity contribution is -0.119. The number of pyridine rings is 1. The second-order valence-corrected chi connectivity index (χ2v) is 4.02. The molecule has 0 radical (unpaired) electrons. The van der Waals surface area contributed by atoms with E-state index >= 15 is 0 Å². The van der Waals surface area contributed by atoms with E-state index in [-0.39, 0.29) is 18.9 Å². The van der Waals surface area contributed by atoms with E-state index in [9.17, 15) is 15.0 Å². The van der Waals surface area contributed by atoms with E-state index in [0.29, 0.717) is 17.8 Å². The number of nitrogens with zero attached hydrogens (tertiary/aromatic N) is 1. The van der Waals surface area contributed by atoms with Gasteiger partial charge in [-0.25, -0.2) is 0 Å². The van der Waals surface area contributed by atoms with E-state index in [1.54, 1.807) is 12.1 Å². The lowest BCUT2D eigenvalue weighted by atomic mass is 10.0. The Kier molecular flexibility index (Phi) is 5.70. The van der Waals surface area contributed by atoms with E-state index in [0.717, 1.165) is 0 Å². The van der Waals surface area contributed by atoms with Crippen molar-refractivity contribution in [3.05, 3.63) is 29.6 Å². The molecule has 0 saturated heterocycles. The van der Waals surface area contributed by atoms with Gasteiger partial charge in [-0.2, -0.15) is 0 Å². The molecule has 0 aliphatic carbocycles. The average molecular weight is 254 g/mol. The molecule has 1 aromatic rings. The quantitative estimate of drug-likeness (QED) is 0.548. The highest BCUT2D eigenvalue weighted by molar-refractivity contribution is 5.72. The highest BCUT2D eigenvalue weighted by Crippen LogP contribution is 2.18. The maximum absolute atomic E-state index is 10.6. The van der Waals surface area contributed by atoms with Crippen LogP contribution in [-0.2, 0) is 11.4 Å². The molecule has 0 saturated carbocycles. The number of carbonyl (C=O) groups is 1. The summed E-state index contributed by atoms with van der Waals surface area (Å²) in [6.45, 7) is 1.53. The summed E-state index contributed by atoms with van der Waals surface area (Å²) >= 11 is 0. The van der Waals surface area contributed by atoms with Crippen LogP contribution in [0.3, 0.4) is 0 Å². The van der Waals surface area contributed by atoms with Gasteiger partial charge in [-0.05, 0) is 12.5 Å². The summed E-state index contributed by atoms with van der Waals surface area (Å²) in [6.07, 6.45) is -0.363. The molecule has 1 amide bonds. The number of rotatable bonds is 6. The number of hydrogen-bond donors (Lipinski definition) is 4. The Morgan fingerprint density at radius 3 is 2.67 bits per heavy atom. The van der Waals surface area contributed by atoms with Crippen LogP contribution in [0, 0.1) is 0 Å². The minimum absolute atomic E-state index is 0.165. The SMILES string of the molecule is CC(=O)NCCC(O)C(O)c1ccc(CO)nc1. The van der Waals surface area contributed by atoms with Gasteiger partial charge in [0.25, 0.3) is 0 Å². The van der Waals surface area contributed by atoms with Gasteiger partial charge in [0, 0.05) is 25.2 Å². The van der Waals surface area contributed by atoms with Gasteiger partial charge in [0.1, 0.15) is 6.10 Å². The van der Waals surface area contributed by atoms with Gasteiger partial charge < -0.3 is 20.6 Å². The summed E-state index contributed by atoms with van der Waals surface area (Å²) in [4.78, 5) is 14.6. The fraction of sp³-hybridized carbons (Fsp3) is 0.500. The molecule has 18 heavy (non-hydrogen) atoms. The lowest BCUT2D eigenvalue weighted by Crippen LogP contribution is -2.27. The molecule has 6 nitrogen and oxygen atoms in total. The number of amides is 1. The van der Waals surface area contributed by atoms with Crippen LogP contribution in [0.4, 0.5) is 0 Å². The number of aliphatic hydroxyl groups excluding tert-OH is 3. The predicted octanol–water partition coefficient (Wildman–Crippen LogP) is -0.506. The van der Waals surface area contributed by atoms with Crippen LogP contribution in [0.2, 0.25) is 0 Å². The summed E-state index contributed by atoms with van der Waals surface area (Å²) in [5, 5.41) is 31.0. The van der Waals surface area contributed by atoms with Crippen molar-refractivity contribution in [2.75, 3.05) is 6.54 Å². The average Bonchev–Trinajstić information content (AvgIpc) is 2.37. The topological polar surface area (TPSA) is 103 Å². The molecule has 1 heterocycles. The molecular weight excluding hydrogens is 236 g/mol. The van der Waals surface area contributed by atoms with Crippen LogP contribution in [-0.4, -0.2) is 38.9 Å². The number of aliphatic hydroxyl groups is 3. The number of nitrogens with one attached hydrogen (secondary N) is 1. The second-order valence-electron chi connectivity index (χ2n) is 4.02. The largest absolute Gasteiger partial charge is 0.390 e. The van der Waals surface area contributed by atoms with Crippen LogP contribution >= 0.6 is 0 Å². The summed E-state index contributed by atoms with van der Waals surface area (Å²) in [5.74, 6) is -0.175. The fourth-order valence-corrected chi connectivity index (χ4v) is 1.48. The standard InChI is InChI=1S/C12H18N2O4/c1-8(16)13-5-4-11(17)12(18)9-2-3-10(7-15)14-6-9/h2-3,6,11-12,15,17-18H,4-5,7H2,1H3,(H,13,16). The molecule has 100 valence electrons. The van der Waals surface area contributed by atoms with Crippen molar-refractivity contribution in [2.45, 2.75) is 32.2 Å². The summed E-state index contributed by atoms with van der Waals surface area (Å²) in [5.41, 5.74) is 0.973. The van der Waals surface area contributed by atoms with Gasteiger partial charge in [0.05, 0.1) is 18.4 Å². The molecule has 0 bridgehead atoms. The molecule has 6 heteroatoms. The Labute approximate surface area is 105 Å². The predicted molar refractivity (Wildman–Crippen MR) is 64.4 cm³/mol. The van der Waals surface area contributed by atoms with Gasteiger partial charge in [0.2, 0.25) is 5.91 Å². The van der Waals surface area contributed by atoms with Gasteiger partial charge >= 0.3 is 0 Å². The summed E-state index contributed by atoms with van der Waals surface area (Å²) in [6, 6.07) is 3.18. The van der Waals surface area contributed by atoms with Crippen molar-refractivity contribution < 1.29 is 20.1 Å². The summed E-state index contributed by atoms with van der Waals surface area (Å²) < 4.78 is 0. The molecule has 1 rings (SSSR count). The Hall–Kier alpha value is -1.50. The molecule has 1 aromatic heterocycles.